The van der Waals surface area contributed by atoms with Crippen LogP contribution in [0.5, 0.6) is 5.75 Å². The van der Waals surface area contributed by atoms with Gasteiger partial charge in [0.05, 0.1) is 12.7 Å². The fraction of sp³-hybridized carbons (Fsp3) is 0.600. The van der Waals surface area contributed by atoms with Crippen molar-refractivity contribution < 1.29 is 14.3 Å². The Morgan fingerprint density at radius 2 is 1.74 bits per heavy atom. The lowest BCUT2D eigenvalue weighted by atomic mass is 10.00. The van der Waals surface area contributed by atoms with Crippen LogP contribution in [0.25, 0.3) is 0 Å². The van der Waals surface area contributed by atoms with Crippen LogP contribution in [0.1, 0.15) is 44.5 Å². The van der Waals surface area contributed by atoms with Crippen molar-refractivity contribution in [2.45, 2.75) is 46.2 Å². The number of methoxy groups -OCH3 is 1. The van der Waals surface area contributed by atoms with E-state index in [1.165, 1.54) is 7.11 Å². The zero-order valence-corrected chi connectivity index (χ0v) is 18.0. The quantitative estimate of drug-likeness (QED) is 0.668. The summed E-state index contributed by atoms with van der Waals surface area (Å²) < 4.78 is 5.23. The number of nitrogens with one attached hydrogen (secondary N) is 1. The van der Waals surface area contributed by atoms with Crippen molar-refractivity contribution >= 4 is 24.2 Å². The van der Waals surface area contributed by atoms with E-state index in [0.717, 1.165) is 6.42 Å². The number of carbonyl (C=O) groups is 2. The number of para-hydroxylation sites is 1. The molecule has 154 valence electrons. The van der Waals surface area contributed by atoms with E-state index in [1.54, 1.807) is 36.2 Å². The Bertz CT molecular complexity index is 608. The Hall–Kier alpha value is -1.79. The molecule has 0 saturated carbocycles. The van der Waals surface area contributed by atoms with Crippen molar-refractivity contribution in [1.82, 2.24) is 10.2 Å². The summed E-state index contributed by atoms with van der Waals surface area (Å²) in [5, 5.41) is 2.86. The number of carbonyl (C=O) groups excluding carboxylic acids is 2. The van der Waals surface area contributed by atoms with E-state index in [2.05, 4.69) is 19.2 Å². The molecule has 1 rings (SSSR count). The molecule has 2 amide bonds. The molecule has 0 radical (unpaired) electrons. The second kappa shape index (κ2) is 11.8. The van der Waals surface area contributed by atoms with Crippen LogP contribution in [0.3, 0.4) is 0 Å². The van der Waals surface area contributed by atoms with Gasteiger partial charge >= 0.3 is 0 Å². The van der Waals surface area contributed by atoms with Gasteiger partial charge in [-0.2, -0.15) is 0 Å². The van der Waals surface area contributed by atoms with Gasteiger partial charge in [-0.3, -0.25) is 9.59 Å². The zero-order chi connectivity index (χ0) is 19.9. The first-order valence-electron chi connectivity index (χ1n) is 9.13. The normalized spacial score (nSPS) is 12.9. The maximum absolute atomic E-state index is 12.8. The van der Waals surface area contributed by atoms with E-state index < -0.39 is 6.04 Å². The summed E-state index contributed by atoms with van der Waals surface area (Å²) in [7, 11) is 3.27. The van der Waals surface area contributed by atoms with Gasteiger partial charge < -0.3 is 20.7 Å². The average Bonchev–Trinajstić information content (AvgIpc) is 2.62. The van der Waals surface area contributed by atoms with Crippen LogP contribution in [-0.2, 0) is 4.79 Å². The van der Waals surface area contributed by atoms with E-state index in [4.69, 9.17) is 10.5 Å². The van der Waals surface area contributed by atoms with Crippen molar-refractivity contribution in [2.24, 2.45) is 17.6 Å². The third-order valence-corrected chi connectivity index (χ3v) is 4.60. The Morgan fingerprint density at radius 1 is 1.15 bits per heavy atom. The van der Waals surface area contributed by atoms with Crippen LogP contribution >= 0.6 is 12.4 Å². The molecule has 0 aliphatic rings. The van der Waals surface area contributed by atoms with Crippen LogP contribution in [0.15, 0.2) is 24.3 Å². The Balaban J connectivity index is 0.00000676. The predicted molar refractivity (Wildman–Crippen MR) is 111 cm³/mol. The van der Waals surface area contributed by atoms with Crippen molar-refractivity contribution in [3.8, 4) is 5.75 Å². The smallest absolute Gasteiger partial charge is 0.255 e. The summed E-state index contributed by atoms with van der Waals surface area (Å²) in [4.78, 5) is 27.1. The topological polar surface area (TPSA) is 84.7 Å². The van der Waals surface area contributed by atoms with Crippen LogP contribution in [-0.4, -0.2) is 49.5 Å². The SMILES string of the molecule is COc1ccccc1C(=O)NC(C(=O)N(C)CCC(N)C(C)C)C(C)C.Cl. The molecule has 3 N–H and O–H groups in total. The zero-order valence-electron chi connectivity index (χ0n) is 17.2. The molecule has 0 fully saturated rings. The molecule has 1 aromatic rings. The molecule has 7 heteroatoms. The maximum Gasteiger partial charge on any atom is 0.255 e. The van der Waals surface area contributed by atoms with Crippen molar-refractivity contribution in [1.29, 1.82) is 0 Å². The third-order valence-electron chi connectivity index (χ3n) is 4.60. The van der Waals surface area contributed by atoms with E-state index in [0.29, 0.717) is 23.8 Å². The minimum Gasteiger partial charge on any atom is -0.496 e. The highest BCUT2D eigenvalue weighted by Gasteiger charge is 2.28. The fourth-order valence-electron chi connectivity index (χ4n) is 2.59. The maximum atomic E-state index is 12.8. The standard InChI is InChI=1S/C20H33N3O3.ClH/c1-13(2)16(21)11-12-23(5)20(25)18(14(3)4)22-19(24)15-9-7-8-10-17(15)26-6;/h7-10,13-14,16,18H,11-12,21H2,1-6H3,(H,22,24);1H. The second-order valence-corrected chi connectivity index (χ2v) is 7.35. The lowest BCUT2D eigenvalue weighted by molar-refractivity contribution is -0.133. The molecular weight excluding hydrogens is 366 g/mol. The molecule has 0 aromatic heterocycles. The molecular formula is C20H34ClN3O3. The molecule has 0 aliphatic heterocycles. The van der Waals surface area contributed by atoms with E-state index >= 15 is 0 Å². The van der Waals surface area contributed by atoms with Crippen LogP contribution < -0.4 is 15.8 Å². The number of amides is 2. The average molecular weight is 400 g/mol. The molecule has 27 heavy (non-hydrogen) atoms. The highest BCUT2D eigenvalue weighted by Crippen LogP contribution is 2.18. The van der Waals surface area contributed by atoms with Gasteiger partial charge in [-0.25, -0.2) is 0 Å². The highest BCUT2D eigenvalue weighted by molar-refractivity contribution is 5.99. The third kappa shape index (κ3) is 7.39. The number of nitrogens with zero attached hydrogens (tertiary/aromatic N) is 1. The molecule has 2 unspecified atom stereocenters. The van der Waals surface area contributed by atoms with Crippen molar-refractivity contribution in [3.05, 3.63) is 29.8 Å². The number of hydrogen-bond donors (Lipinski definition) is 2. The van der Waals surface area contributed by atoms with E-state index in [1.807, 2.05) is 13.8 Å². The fourth-order valence-corrected chi connectivity index (χ4v) is 2.59. The molecule has 0 aliphatic carbocycles. The number of benzene rings is 1. The first kappa shape index (κ1) is 25.2. The first-order valence-corrected chi connectivity index (χ1v) is 9.13. The monoisotopic (exact) mass is 399 g/mol. The number of rotatable bonds is 9. The van der Waals surface area contributed by atoms with Crippen LogP contribution in [0.2, 0.25) is 0 Å². The van der Waals surface area contributed by atoms with Crippen LogP contribution in [0.4, 0.5) is 0 Å². The summed E-state index contributed by atoms with van der Waals surface area (Å²) >= 11 is 0. The van der Waals surface area contributed by atoms with E-state index in [-0.39, 0.29) is 36.2 Å². The Morgan fingerprint density at radius 3 is 2.26 bits per heavy atom. The number of nitrogens with two attached hydrogens (primary N) is 1. The highest BCUT2D eigenvalue weighted by atomic mass is 35.5. The Labute approximate surface area is 169 Å². The van der Waals surface area contributed by atoms with Gasteiger partial charge in [-0.05, 0) is 30.4 Å². The van der Waals surface area contributed by atoms with Gasteiger partial charge in [0.1, 0.15) is 11.8 Å². The second-order valence-electron chi connectivity index (χ2n) is 7.35. The molecule has 1 aromatic carbocycles. The molecule has 0 spiro atoms. The molecule has 2 atom stereocenters. The molecule has 0 heterocycles. The minimum atomic E-state index is -0.604. The summed E-state index contributed by atoms with van der Waals surface area (Å²) in [5.41, 5.74) is 6.48. The minimum absolute atomic E-state index is 0. The van der Waals surface area contributed by atoms with Gasteiger partial charge in [0.25, 0.3) is 5.91 Å². The summed E-state index contributed by atoms with van der Waals surface area (Å²) in [6.07, 6.45) is 0.727. The largest absolute Gasteiger partial charge is 0.496 e. The van der Waals surface area contributed by atoms with Crippen molar-refractivity contribution in [3.63, 3.8) is 0 Å². The Kier molecular flexibility index (Phi) is 11.0. The van der Waals surface area contributed by atoms with E-state index in [9.17, 15) is 9.59 Å². The number of likely N-dealkylation sites (N-methyl/N-ethyl adjacent to an activating group) is 1. The summed E-state index contributed by atoms with van der Waals surface area (Å²) in [6.45, 7) is 8.53. The first-order chi connectivity index (χ1) is 12.2. The number of ether oxygens (including phenoxy) is 1. The molecule has 6 nitrogen and oxygen atoms in total. The summed E-state index contributed by atoms with van der Waals surface area (Å²) in [5.74, 6) is 0.379. The lowest BCUT2D eigenvalue weighted by Gasteiger charge is -2.28. The molecule has 0 saturated heterocycles. The molecule has 0 bridgehead atoms. The van der Waals surface area contributed by atoms with Gasteiger partial charge in [-0.15, -0.1) is 12.4 Å². The lowest BCUT2D eigenvalue weighted by Crippen LogP contribution is -2.50. The van der Waals surface area contributed by atoms with Gasteiger partial charge in [0, 0.05) is 19.6 Å². The number of hydrogen-bond acceptors (Lipinski definition) is 4. The summed E-state index contributed by atoms with van der Waals surface area (Å²) in [6, 6.07) is 6.41. The van der Waals surface area contributed by atoms with Gasteiger partial charge in [0.2, 0.25) is 5.91 Å². The van der Waals surface area contributed by atoms with Gasteiger partial charge in [-0.1, -0.05) is 39.8 Å². The number of halogens is 1. The van der Waals surface area contributed by atoms with Crippen LogP contribution in [0, 0.1) is 11.8 Å². The van der Waals surface area contributed by atoms with Gasteiger partial charge in [0.15, 0.2) is 0 Å². The predicted octanol–water partition coefficient (Wildman–Crippen LogP) is 2.70. The van der Waals surface area contributed by atoms with Crippen molar-refractivity contribution in [2.75, 3.05) is 20.7 Å².